The fourth-order valence-electron chi connectivity index (χ4n) is 6.71. The summed E-state index contributed by atoms with van der Waals surface area (Å²) in [4.78, 5) is 24.8. The third-order valence-corrected chi connectivity index (χ3v) is 11.3. The predicted molar refractivity (Wildman–Crippen MR) is 194 cm³/mol. The van der Waals surface area contributed by atoms with Crippen molar-refractivity contribution in [1.82, 2.24) is 20.0 Å². The number of hydrogen-bond acceptors (Lipinski definition) is 7. The molecule has 0 saturated heterocycles. The van der Waals surface area contributed by atoms with Crippen molar-refractivity contribution in [3.8, 4) is 11.1 Å². The van der Waals surface area contributed by atoms with Gasteiger partial charge in [0.2, 0.25) is 0 Å². The number of para-hydroxylation sites is 1. The van der Waals surface area contributed by atoms with Crippen molar-refractivity contribution < 1.29 is 37.4 Å². The predicted octanol–water partition coefficient (Wildman–Crippen LogP) is 8.48. The normalized spacial score (nSPS) is 13.4. The van der Waals surface area contributed by atoms with Crippen LogP contribution in [-0.4, -0.2) is 29.8 Å². The quantitative estimate of drug-likeness (QED) is 0.118. The number of aryl methyl sites for hydroxylation is 1. The summed E-state index contributed by atoms with van der Waals surface area (Å²) in [5, 5.41) is 9.68. The number of halogens is 2. The van der Waals surface area contributed by atoms with E-state index in [9.17, 15) is 28.0 Å². The van der Waals surface area contributed by atoms with Crippen LogP contribution in [0.3, 0.4) is 0 Å². The first-order valence-electron chi connectivity index (χ1n) is 16.2. The summed E-state index contributed by atoms with van der Waals surface area (Å²) in [6, 6.07) is 39.2. The van der Waals surface area contributed by atoms with E-state index in [1.165, 1.54) is 6.07 Å². The van der Waals surface area contributed by atoms with Gasteiger partial charge in [0.25, 0.3) is 0 Å². The van der Waals surface area contributed by atoms with E-state index in [1.54, 1.807) is 43.3 Å². The Labute approximate surface area is 297 Å². The highest BCUT2D eigenvalue weighted by Crippen LogP contribution is 2.52. The van der Waals surface area contributed by atoms with E-state index in [0.717, 1.165) is 27.8 Å². The summed E-state index contributed by atoms with van der Waals surface area (Å²) in [5.74, 6) is 0. The van der Waals surface area contributed by atoms with Crippen molar-refractivity contribution in [3.05, 3.63) is 155 Å². The molecule has 5 aromatic carbocycles. The molecule has 14 heteroatoms. The van der Waals surface area contributed by atoms with Crippen LogP contribution in [0.5, 0.6) is 0 Å². The Balaban J connectivity index is 1.32. The fraction of sp³-hybridized carbons (Fsp3) is 0.132. The summed E-state index contributed by atoms with van der Waals surface area (Å²) in [6.07, 6.45) is 0.265. The van der Waals surface area contributed by atoms with Crippen molar-refractivity contribution in [2.24, 2.45) is 0 Å². The van der Waals surface area contributed by atoms with Gasteiger partial charge in [-0.1, -0.05) is 102 Å². The standard InChI is InChI=1S/C38H32F2N4O6P2/c1-26-11-18-31-21-32(22-36(37(31)41-26)52(46,47)48)30-19-16-28(17-20-30)24-38(33-7-3-2-4-8-33,44-35-10-6-5-9-34(35)42-43-44)23-27-12-14-29(15-13-27)25-51(45,49-39)50-40/h2-22H,23-25H2,1H3,(H2,46,47,48). The average Bonchev–Trinajstić information content (AvgIpc) is 3.60. The Morgan fingerprint density at radius 1 is 0.731 bits per heavy atom. The van der Waals surface area contributed by atoms with Crippen LogP contribution in [-0.2, 0) is 43.1 Å². The number of rotatable bonds is 12. The van der Waals surface area contributed by atoms with Gasteiger partial charge < -0.3 is 9.79 Å². The lowest BCUT2D eigenvalue weighted by molar-refractivity contribution is -0.0881. The molecule has 7 rings (SSSR count). The molecule has 0 amide bonds. The van der Waals surface area contributed by atoms with Crippen molar-refractivity contribution in [1.29, 1.82) is 0 Å². The second-order valence-electron chi connectivity index (χ2n) is 12.7. The van der Waals surface area contributed by atoms with Gasteiger partial charge in [-0.15, -0.1) is 14.6 Å². The maximum atomic E-state index is 12.8. The van der Waals surface area contributed by atoms with Crippen molar-refractivity contribution in [2.45, 2.75) is 31.5 Å². The van der Waals surface area contributed by atoms with Crippen LogP contribution in [0.2, 0.25) is 0 Å². The van der Waals surface area contributed by atoms with Gasteiger partial charge in [0.05, 0.1) is 28.0 Å². The van der Waals surface area contributed by atoms with Gasteiger partial charge in [-0.3, -0.25) is 14.1 Å². The molecule has 0 aliphatic rings. The molecule has 0 radical (unpaired) electrons. The molecule has 0 spiro atoms. The highest BCUT2D eigenvalue weighted by molar-refractivity contribution is 7.60. The maximum Gasteiger partial charge on any atom is 0.399 e. The van der Waals surface area contributed by atoms with E-state index in [2.05, 4.69) is 19.5 Å². The Bertz CT molecular complexity index is 2470. The summed E-state index contributed by atoms with van der Waals surface area (Å²) >= 11 is 0. The lowest BCUT2D eigenvalue weighted by Crippen LogP contribution is -2.40. The third-order valence-electron chi connectivity index (χ3n) is 9.18. The van der Waals surface area contributed by atoms with Crippen LogP contribution in [0.4, 0.5) is 9.05 Å². The van der Waals surface area contributed by atoms with Crippen LogP contribution in [0, 0.1) is 6.92 Å². The number of aromatic nitrogens is 4. The molecule has 2 N–H and O–H groups in total. The van der Waals surface area contributed by atoms with Gasteiger partial charge in [0.1, 0.15) is 5.52 Å². The smallest absolute Gasteiger partial charge is 0.321 e. The van der Waals surface area contributed by atoms with E-state index >= 15 is 0 Å². The molecule has 7 aromatic rings. The minimum Gasteiger partial charge on any atom is -0.321 e. The van der Waals surface area contributed by atoms with Crippen molar-refractivity contribution in [2.75, 3.05) is 0 Å². The van der Waals surface area contributed by atoms with Gasteiger partial charge in [-0.05, 0) is 79.7 Å². The highest BCUT2D eigenvalue weighted by atomic mass is 31.2. The summed E-state index contributed by atoms with van der Waals surface area (Å²) in [5.41, 5.74) is 6.11. The van der Waals surface area contributed by atoms with Crippen LogP contribution in [0.15, 0.2) is 127 Å². The van der Waals surface area contributed by atoms with E-state index in [4.69, 9.17) is 5.21 Å². The molecule has 10 nitrogen and oxygen atoms in total. The lowest BCUT2D eigenvalue weighted by atomic mass is 9.78. The second-order valence-corrected chi connectivity index (χ2v) is 16.1. The number of fused-ring (bicyclic) bond motifs is 2. The van der Waals surface area contributed by atoms with Crippen molar-refractivity contribution in [3.63, 3.8) is 0 Å². The Morgan fingerprint density at radius 2 is 1.35 bits per heavy atom. The molecule has 264 valence electrons. The molecule has 0 saturated carbocycles. The molecular weight excluding hydrogens is 708 g/mol. The van der Waals surface area contributed by atoms with Crippen LogP contribution < -0.4 is 5.30 Å². The minimum atomic E-state index is -4.64. The zero-order valence-electron chi connectivity index (χ0n) is 27.7. The first kappa shape index (κ1) is 35.5. The number of pyridine rings is 1. The summed E-state index contributed by atoms with van der Waals surface area (Å²) < 4.78 is 58.7. The zero-order chi connectivity index (χ0) is 36.5. The van der Waals surface area contributed by atoms with Crippen LogP contribution >= 0.6 is 15.2 Å². The molecule has 0 bridgehead atoms. The van der Waals surface area contributed by atoms with E-state index in [1.807, 2.05) is 89.6 Å². The van der Waals surface area contributed by atoms with Crippen LogP contribution in [0.1, 0.15) is 27.9 Å². The fourth-order valence-corrected chi connectivity index (χ4v) is 8.25. The molecule has 1 atom stereocenters. The molecule has 0 aliphatic heterocycles. The Hall–Kier alpha value is -4.93. The molecule has 0 fully saturated rings. The van der Waals surface area contributed by atoms with E-state index in [-0.39, 0.29) is 10.8 Å². The highest BCUT2D eigenvalue weighted by Gasteiger charge is 2.38. The molecular formula is C38H32F2N4O6P2. The average molecular weight is 741 g/mol. The molecule has 52 heavy (non-hydrogen) atoms. The van der Waals surface area contributed by atoms with E-state index in [0.29, 0.717) is 40.6 Å². The number of benzene rings is 5. The number of nitrogens with zero attached hydrogens (tertiary/aromatic N) is 4. The van der Waals surface area contributed by atoms with Gasteiger partial charge >= 0.3 is 15.2 Å². The van der Waals surface area contributed by atoms with Crippen molar-refractivity contribution >= 4 is 42.4 Å². The third kappa shape index (κ3) is 7.10. The Morgan fingerprint density at radius 3 is 2.00 bits per heavy atom. The second kappa shape index (κ2) is 14.2. The monoisotopic (exact) mass is 740 g/mol. The molecule has 2 aromatic heterocycles. The Kier molecular flexibility index (Phi) is 9.71. The first-order chi connectivity index (χ1) is 25.0. The van der Waals surface area contributed by atoms with Gasteiger partial charge in [0.15, 0.2) is 0 Å². The topological polar surface area (TPSA) is 137 Å². The molecule has 0 aliphatic carbocycles. The SMILES string of the molecule is Cc1ccc2cc(-c3ccc(CC(Cc4ccc(CP(=O)(OF)OF)cc4)(c4ccccc4)n4nnc5ccccc54)cc3)cc(P(=O)(O)O)c2n1. The molecule has 2 heterocycles. The zero-order valence-corrected chi connectivity index (χ0v) is 29.5. The summed E-state index contributed by atoms with van der Waals surface area (Å²) in [6.45, 7) is 1.77. The largest absolute Gasteiger partial charge is 0.399 e. The molecule has 1 unspecified atom stereocenters. The lowest BCUT2D eigenvalue weighted by Gasteiger charge is -2.36. The van der Waals surface area contributed by atoms with Gasteiger partial charge in [0, 0.05) is 23.9 Å². The van der Waals surface area contributed by atoms with Gasteiger partial charge in [-0.2, -0.15) is 0 Å². The van der Waals surface area contributed by atoms with E-state index < -0.39 is 26.9 Å². The maximum absolute atomic E-state index is 12.8. The number of hydrogen-bond donors (Lipinski definition) is 2. The first-order valence-corrected chi connectivity index (χ1v) is 19.6. The van der Waals surface area contributed by atoms with Crippen LogP contribution in [0.25, 0.3) is 33.1 Å². The minimum absolute atomic E-state index is 0.128. The van der Waals surface area contributed by atoms with Gasteiger partial charge in [-0.25, -0.2) is 4.68 Å². The summed E-state index contributed by atoms with van der Waals surface area (Å²) in [7, 11) is -9.21.